The second-order valence-corrected chi connectivity index (χ2v) is 14.1. The lowest BCUT2D eigenvalue weighted by atomic mass is 9.52. The van der Waals surface area contributed by atoms with Crippen molar-refractivity contribution in [2.24, 2.45) is 28.6 Å². The van der Waals surface area contributed by atoms with Gasteiger partial charge < -0.3 is 9.88 Å². The van der Waals surface area contributed by atoms with E-state index in [-0.39, 0.29) is 23.8 Å². The van der Waals surface area contributed by atoms with Crippen molar-refractivity contribution in [3.05, 3.63) is 41.5 Å². The molecule has 0 aromatic carbocycles. The molecule has 9 heteroatoms. The molecule has 1 saturated carbocycles. The van der Waals surface area contributed by atoms with Crippen LogP contribution in [0.1, 0.15) is 91.2 Å². The molecule has 0 saturated heterocycles. The number of fused-ring (bicyclic) bond motifs is 1. The van der Waals surface area contributed by atoms with E-state index in [2.05, 4.69) is 43.7 Å². The van der Waals surface area contributed by atoms with Crippen LogP contribution in [0.4, 0.5) is 0 Å². The number of hydrogen-bond acceptors (Lipinski definition) is 5. The van der Waals surface area contributed by atoms with Gasteiger partial charge in [-0.05, 0) is 91.9 Å². The highest BCUT2D eigenvalue weighted by molar-refractivity contribution is 7.80. The first-order valence-corrected chi connectivity index (χ1v) is 16.0. The maximum atomic E-state index is 12.5. The summed E-state index contributed by atoms with van der Waals surface area (Å²) in [4.78, 5) is 21.4. The molecule has 2 N–H and O–H groups in total. The number of H-pyrrole nitrogens is 1. The lowest BCUT2D eigenvalue weighted by molar-refractivity contribution is -0.124. The third-order valence-corrected chi connectivity index (χ3v) is 10.4. The molecule has 1 aromatic heterocycles. The summed E-state index contributed by atoms with van der Waals surface area (Å²) in [5.74, 6) is 1.25. The van der Waals surface area contributed by atoms with Crippen LogP contribution in [-0.2, 0) is 25.8 Å². The SMILES string of the molecule is C[C@H]1CC[C@H]2C(=CCCC2(C)C)[C@@]1(C)CCC(CCCC1=CC(=O)N(CCc2cnc[nH]2)C1)COS(=O)(=O)O. The number of amides is 1. The van der Waals surface area contributed by atoms with E-state index >= 15 is 0 Å². The summed E-state index contributed by atoms with van der Waals surface area (Å²) in [6.07, 6.45) is 17.5. The Morgan fingerprint density at radius 2 is 2.03 bits per heavy atom. The first kappa shape index (κ1) is 30.0. The smallest absolute Gasteiger partial charge is 0.348 e. The summed E-state index contributed by atoms with van der Waals surface area (Å²) in [6.45, 7) is 10.9. The number of nitrogens with zero attached hydrogens (tertiary/aromatic N) is 2. The Morgan fingerprint density at radius 1 is 1.23 bits per heavy atom. The molecule has 1 aliphatic heterocycles. The quantitative estimate of drug-likeness (QED) is 0.229. The van der Waals surface area contributed by atoms with Crippen molar-refractivity contribution in [2.45, 2.75) is 91.9 Å². The Bertz CT molecular complexity index is 1160. The molecule has 39 heavy (non-hydrogen) atoms. The van der Waals surface area contributed by atoms with E-state index in [0.29, 0.717) is 30.3 Å². The van der Waals surface area contributed by atoms with E-state index in [1.54, 1.807) is 24.2 Å². The Kier molecular flexibility index (Phi) is 9.44. The van der Waals surface area contributed by atoms with Crippen LogP contribution in [0.15, 0.2) is 35.8 Å². The van der Waals surface area contributed by atoms with Gasteiger partial charge in [-0.1, -0.05) is 39.3 Å². The van der Waals surface area contributed by atoms with Crippen LogP contribution < -0.4 is 0 Å². The Morgan fingerprint density at radius 3 is 2.74 bits per heavy atom. The summed E-state index contributed by atoms with van der Waals surface area (Å²) in [7, 11) is -4.48. The van der Waals surface area contributed by atoms with E-state index < -0.39 is 10.4 Å². The van der Waals surface area contributed by atoms with Crippen LogP contribution in [0.5, 0.6) is 0 Å². The van der Waals surface area contributed by atoms with Gasteiger partial charge in [-0.25, -0.2) is 9.17 Å². The molecule has 4 atom stereocenters. The van der Waals surface area contributed by atoms with Crippen molar-refractivity contribution >= 4 is 16.3 Å². The van der Waals surface area contributed by atoms with Crippen molar-refractivity contribution < 1.29 is 21.9 Å². The van der Waals surface area contributed by atoms with E-state index in [1.165, 1.54) is 19.3 Å². The van der Waals surface area contributed by atoms with Gasteiger partial charge in [-0.2, -0.15) is 8.42 Å². The second-order valence-electron chi connectivity index (χ2n) is 13.0. The lowest BCUT2D eigenvalue weighted by Crippen LogP contribution is -2.43. The molecule has 1 amide bonds. The summed E-state index contributed by atoms with van der Waals surface area (Å²) >= 11 is 0. The molecule has 1 aromatic rings. The van der Waals surface area contributed by atoms with Crippen molar-refractivity contribution in [3.8, 4) is 0 Å². The zero-order chi connectivity index (χ0) is 28.3. The van der Waals surface area contributed by atoms with Crippen LogP contribution in [0.3, 0.4) is 0 Å². The third-order valence-electron chi connectivity index (χ3n) is 9.98. The number of rotatable bonds is 13. The van der Waals surface area contributed by atoms with Crippen LogP contribution in [0, 0.1) is 28.6 Å². The predicted octanol–water partition coefficient (Wildman–Crippen LogP) is 5.91. The number of aromatic amines is 1. The number of carbonyl (C=O) groups is 1. The molecule has 218 valence electrons. The first-order valence-electron chi connectivity index (χ1n) is 14.7. The second kappa shape index (κ2) is 12.3. The van der Waals surface area contributed by atoms with Crippen LogP contribution in [-0.4, -0.2) is 53.4 Å². The minimum atomic E-state index is -4.48. The maximum Gasteiger partial charge on any atom is 0.397 e. The van der Waals surface area contributed by atoms with Gasteiger partial charge in [-0.3, -0.25) is 9.35 Å². The fourth-order valence-corrected chi connectivity index (χ4v) is 7.56. The highest BCUT2D eigenvalue weighted by Crippen LogP contribution is 2.58. The molecule has 0 spiro atoms. The summed E-state index contributed by atoms with van der Waals surface area (Å²) < 4.78 is 36.9. The van der Waals surface area contributed by atoms with E-state index in [1.807, 2.05) is 4.90 Å². The molecular weight excluding hydrogens is 514 g/mol. The maximum absolute atomic E-state index is 12.5. The third kappa shape index (κ3) is 7.61. The van der Waals surface area contributed by atoms with E-state index in [4.69, 9.17) is 4.18 Å². The fraction of sp³-hybridized carbons (Fsp3) is 0.733. The minimum absolute atomic E-state index is 0.00838. The number of carbonyl (C=O) groups excluding carboxylic acids is 1. The van der Waals surface area contributed by atoms with Crippen molar-refractivity contribution in [1.82, 2.24) is 14.9 Å². The van der Waals surface area contributed by atoms with Gasteiger partial charge in [0, 0.05) is 37.5 Å². The first-order chi connectivity index (χ1) is 18.4. The van der Waals surface area contributed by atoms with Gasteiger partial charge in [0.15, 0.2) is 0 Å². The van der Waals surface area contributed by atoms with E-state index in [0.717, 1.165) is 56.2 Å². The molecule has 2 aliphatic carbocycles. The number of imidazole rings is 1. The van der Waals surface area contributed by atoms with Gasteiger partial charge in [-0.15, -0.1) is 0 Å². The molecule has 0 radical (unpaired) electrons. The highest BCUT2D eigenvalue weighted by Gasteiger charge is 2.47. The normalized spacial score (nSPS) is 27.7. The van der Waals surface area contributed by atoms with Gasteiger partial charge in [0.25, 0.3) is 0 Å². The van der Waals surface area contributed by atoms with Gasteiger partial charge in [0.1, 0.15) is 0 Å². The molecule has 2 heterocycles. The van der Waals surface area contributed by atoms with E-state index in [9.17, 15) is 17.8 Å². The minimum Gasteiger partial charge on any atom is -0.348 e. The Balaban J connectivity index is 1.33. The predicted molar refractivity (Wildman–Crippen MR) is 152 cm³/mol. The standard InChI is InChI=1S/C30H47N3O5S/c1-22-10-11-26-27(9-6-14-29(26,2)3)30(22,4)15-12-23(20-38-39(35,36)37)7-5-8-24-17-28(34)33(19-24)16-13-25-18-31-21-32-25/h9,17-18,21-23,26H,5-8,10-16,19-20H2,1-4H3,(H,31,32)(H,35,36,37)/t22-,23?,26-,30-/m0/s1. The van der Waals surface area contributed by atoms with Crippen molar-refractivity contribution in [1.29, 1.82) is 0 Å². The van der Waals surface area contributed by atoms with Crippen molar-refractivity contribution in [3.63, 3.8) is 0 Å². The van der Waals surface area contributed by atoms with Crippen molar-refractivity contribution in [2.75, 3.05) is 19.7 Å². The molecule has 4 rings (SSSR count). The molecule has 1 unspecified atom stereocenters. The summed E-state index contributed by atoms with van der Waals surface area (Å²) in [5.41, 5.74) is 4.14. The Labute approximate surface area is 234 Å². The number of allylic oxidation sites excluding steroid dienone is 2. The molecule has 8 nitrogen and oxygen atoms in total. The molecule has 1 fully saturated rings. The molecule has 0 bridgehead atoms. The zero-order valence-corrected chi connectivity index (χ0v) is 24.9. The average molecular weight is 562 g/mol. The topological polar surface area (TPSA) is 113 Å². The van der Waals surface area contributed by atoms with Crippen LogP contribution in [0.2, 0.25) is 0 Å². The van der Waals surface area contributed by atoms with Crippen LogP contribution in [0.25, 0.3) is 0 Å². The van der Waals surface area contributed by atoms with Gasteiger partial charge in [0.2, 0.25) is 5.91 Å². The van der Waals surface area contributed by atoms with Gasteiger partial charge in [0.05, 0.1) is 12.9 Å². The van der Waals surface area contributed by atoms with Crippen LogP contribution >= 0.6 is 0 Å². The Hall–Kier alpha value is -1.97. The highest BCUT2D eigenvalue weighted by atomic mass is 32.3. The fourth-order valence-electron chi connectivity index (χ4n) is 7.19. The number of aromatic nitrogens is 2. The zero-order valence-electron chi connectivity index (χ0n) is 24.1. The van der Waals surface area contributed by atoms with Gasteiger partial charge >= 0.3 is 10.4 Å². The molecule has 3 aliphatic rings. The largest absolute Gasteiger partial charge is 0.397 e. The summed E-state index contributed by atoms with van der Waals surface area (Å²) in [6, 6.07) is 0. The average Bonchev–Trinajstić information content (AvgIpc) is 3.50. The lowest BCUT2D eigenvalue weighted by Gasteiger charge is -2.53. The summed E-state index contributed by atoms with van der Waals surface area (Å²) in [5, 5.41) is 0. The molecular formula is C30H47N3O5S. The number of nitrogens with one attached hydrogen (secondary N) is 1. The number of hydrogen-bond donors (Lipinski definition) is 2. The monoisotopic (exact) mass is 561 g/mol.